The number of ketones is 1. The molecule has 0 aliphatic heterocycles. The van der Waals surface area contributed by atoms with E-state index in [2.05, 4.69) is 19.2 Å². The first-order valence-electron chi connectivity index (χ1n) is 12.7. The van der Waals surface area contributed by atoms with Gasteiger partial charge in [0.05, 0.1) is 19.8 Å². The number of hydrogen-bond donors (Lipinski definition) is 2. The Morgan fingerprint density at radius 3 is 2.33 bits per heavy atom. The molecule has 2 rings (SSSR count). The molecule has 3 N–H and O–H groups in total. The average molecular weight is 542 g/mol. The zero-order chi connectivity index (χ0) is 27.3. The average Bonchev–Trinajstić information content (AvgIpc) is 2.82. The molecule has 0 fully saturated rings. The zero-order valence-electron chi connectivity index (χ0n) is 22.6. The first kappa shape index (κ1) is 32.2. The fraction of sp³-hybridized carbons (Fsp3) is 0.571. The normalized spacial score (nSPS) is 15.6. The minimum Gasteiger partial charge on any atom is -0.463 e. The molecule has 0 radical (unpaired) electrons. The van der Waals surface area contributed by atoms with E-state index in [1.54, 1.807) is 25.1 Å². The summed E-state index contributed by atoms with van der Waals surface area (Å²) in [6.45, 7) is 13.4. The van der Waals surface area contributed by atoms with Gasteiger partial charge < -0.3 is 20.5 Å². The molecule has 0 saturated heterocycles. The van der Waals surface area contributed by atoms with Crippen molar-refractivity contribution >= 4 is 35.0 Å². The molecule has 202 valence electrons. The summed E-state index contributed by atoms with van der Waals surface area (Å²) in [4.78, 5) is 25.7. The summed E-state index contributed by atoms with van der Waals surface area (Å²) in [7, 11) is 0. The molecule has 0 heterocycles. The van der Waals surface area contributed by atoms with Crippen LogP contribution in [0, 0.1) is 5.41 Å². The van der Waals surface area contributed by atoms with E-state index < -0.39 is 5.97 Å². The Morgan fingerprint density at radius 1 is 1.14 bits per heavy atom. The van der Waals surface area contributed by atoms with Crippen LogP contribution in [0.25, 0.3) is 0 Å². The summed E-state index contributed by atoms with van der Waals surface area (Å²) in [5.41, 5.74) is 8.99. The van der Waals surface area contributed by atoms with Gasteiger partial charge in [-0.25, -0.2) is 4.79 Å². The first-order chi connectivity index (χ1) is 17.1. The maximum atomic E-state index is 13.0. The SMILES string of the molecule is CC.CCOC(=O)/C(Cc1c(Cl)cccc1Cl)=C(/CNC1=C(CC)C(=O)CC(C)(C)C1)COCCN. The fourth-order valence-corrected chi connectivity index (χ4v) is 4.64. The summed E-state index contributed by atoms with van der Waals surface area (Å²) < 4.78 is 11.1. The third-order valence-corrected chi connectivity index (χ3v) is 6.47. The van der Waals surface area contributed by atoms with E-state index in [0.717, 1.165) is 17.7 Å². The van der Waals surface area contributed by atoms with Crippen LogP contribution >= 0.6 is 23.2 Å². The van der Waals surface area contributed by atoms with Crippen molar-refractivity contribution in [2.75, 3.05) is 32.9 Å². The van der Waals surface area contributed by atoms with E-state index in [4.69, 9.17) is 38.4 Å². The van der Waals surface area contributed by atoms with Gasteiger partial charge in [0.1, 0.15) is 0 Å². The zero-order valence-corrected chi connectivity index (χ0v) is 24.1. The van der Waals surface area contributed by atoms with Crippen molar-refractivity contribution in [2.24, 2.45) is 11.1 Å². The molecule has 0 spiro atoms. The van der Waals surface area contributed by atoms with Crippen LogP contribution < -0.4 is 11.1 Å². The number of benzene rings is 1. The topological polar surface area (TPSA) is 90.6 Å². The van der Waals surface area contributed by atoms with E-state index in [1.165, 1.54) is 0 Å². The molecule has 0 amide bonds. The highest BCUT2D eigenvalue weighted by atomic mass is 35.5. The second-order valence-corrected chi connectivity index (χ2v) is 9.94. The van der Waals surface area contributed by atoms with Crippen molar-refractivity contribution in [3.8, 4) is 0 Å². The van der Waals surface area contributed by atoms with Gasteiger partial charge in [-0.2, -0.15) is 0 Å². The molecule has 6 nitrogen and oxygen atoms in total. The van der Waals surface area contributed by atoms with Crippen molar-refractivity contribution in [1.29, 1.82) is 0 Å². The Morgan fingerprint density at radius 2 is 1.78 bits per heavy atom. The Kier molecular flexibility index (Phi) is 14.4. The van der Waals surface area contributed by atoms with Crippen LogP contribution in [-0.2, 0) is 25.5 Å². The molecule has 1 aromatic rings. The monoisotopic (exact) mass is 540 g/mol. The van der Waals surface area contributed by atoms with Gasteiger partial charge in [-0.3, -0.25) is 4.79 Å². The van der Waals surface area contributed by atoms with Crippen LogP contribution in [0.5, 0.6) is 0 Å². The van der Waals surface area contributed by atoms with Crippen LogP contribution in [0.1, 0.15) is 66.4 Å². The van der Waals surface area contributed by atoms with Crippen LogP contribution in [0.2, 0.25) is 10.0 Å². The summed E-state index contributed by atoms with van der Waals surface area (Å²) in [5, 5.41) is 4.39. The minimum atomic E-state index is -0.448. The van der Waals surface area contributed by atoms with E-state index in [0.29, 0.717) is 59.3 Å². The number of esters is 1. The molecule has 0 saturated carbocycles. The quantitative estimate of drug-likeness (QED) is 0.191. The number of nitrogens with two attached hydrogens (primary N) is 1. The number of allylic oxidation sites excluding steroid dienone is 2. The molecule has 0 aromatic heterocycles. The maximum absolute atomic E-state index is 13.0. The Labute approximate surface area is 226 Å². The lowest BCUT2D eigenvalue weighted by molar-refractivity contribution is -0.138. The van der Waals surface area contributed by atoms with Gasteiger partial charge >= 0.3 is 5.97 Å². The number of hydrogen-bond acceptors (Lipinski definition) is 6. The van der Waals surface area contributed by atoms with Gasteiger partial charge in [-0.05, 0) is 48.4 Å². The Balaban J connectivity index is 0.00000316. The number of rotatable bonds is 12. The number of nitrogens with one attached hydrogen (secondary N) is 1. The van der Waals surface area contributed by atoms with Crippen molar-refractivity contribution in [3.63, 3.8) is 0 Å². The van der Waals surface area contributed by atoms with Crippen molar-refractivity contribution in [1.82, 2.24) is 5.32 Å². The van der Waals surface area contributed by atoms with Crippen LogP contribution in [0.3, 0.4) is 0 Å². The Bertz CT molecular complexity index is 935. The van der Waals surface area contributed by atoms with E-state index in [1.807, 2.05) is 20.8 Å². The number of carbonyl (C=O) groups is 2. The highest BCUT2D eigenvalue weighted by Gasteiger charge is 2.32. The largest absolute Gasteiger partial charge is 0.463 e. The Hall–Kier alpha value is -1.86. The summed E-state index contributed by atoms with van der Waals surface area (Å²) in [6, 6.07) is 5.24. The predicted octanol–water partition coefficient (Wildman–Crippen LogP) is 6.04. The number of Topliss-reactive ketones (excluding diaryl/α,β-unsaturated/α-hetero) is 1. The van der Waals surface area contributed by atoms with E-state index >= 15 is 0 Å². The maximum Gasteiger partial charge on any atom is 0.334 e. The summed E-state index contributed by atoms with van der Waals surface area (Å²) >= 11 is 12.8. The highest BCUT2D eigenvalue weighted by molar-refractivity contribution is 6.36. The summed E-state index contributed by atoms with van der Waals surface area (Å²) in [6.07, 6.45) is 2.14. The lowest BCUT2D eigenvalue weighted by atomic mass is 9.75. The fourth-order valence-electron chi connectivity index (χ4n) is 4.11. The molecule has 8 heteroatoms. The highest BCUT2D eigenvalue weighted by Crippen LogP contribution is 2.37. The van der Waals surface area contributed by atoms with Crippen molar-refractivity contribution < 1.29 is 19.1 Å². The molecular weight excluding hydrogens is 499 g/mol. The second-order valence-electron chi connectivity index (χ2n) is 9.13. The van der Waals surface area contributed by atoms with Gasteiger partial charge in [0.2, 0.25) is 0 Å². The predicted molar refractivity (Wildman–Crippen MR) is 148 cm³/mol. The minimum absolute atomic E-state index is 0.132. The van der Waals surface area contributed by atoms with Gasteiger partial charge in [-0.15, -0.1) is 0 Å². The van der Waals surface area contributed by atoms with Crippen LogP contribution in [0.15, 0.2) is 40.6 Å². The molecule has 0 atom stereocenters. The first-order valence-corrected chi connectivity index (χ1v) is 13.5. The molecular formula is C28H42Cl2N2O4. The van der Waals surface area contributed by atoms with Gasteiger partial charge in [0, 0.05) is 52.8 Å². The number of halogens is 2. The van der Waals surface area contributed by atoms with E-state index in [-0.39, 0.29) is 30.8 Å². The second kappa shape index (κ2) is 16.1. The number of carbonyl (C=O) groups excluding carboxylic acids is 2. The smallest absolute Gasteiger partial charge is 0.334 e. The molecule has 0 unspecified atom stereocenters. The van der Waals surface area contributed by atoms with Gasteiger partial charge in [0.25, 0.3) is 0 Å². The van der Waals surface area contributed by atoms with Crippen LogP contribution in [-0.4, -0.2) is 44.7 Å². The van der Waals surface area contributed by atoms with Crippen molar-refractivity contribution in [3.05, 3.63) is 56.2 Å². The van der Waals surface area contributed by atoms with Crippen molar-refractivity contribution in [2.45, 2.75) is 67.2 Å². The molecule has 36 heavy (non-hydrogen) atoms. The van der Waals surface area contributed by atoms with Gasteiger partial charge in [-0.1, -0.05) is 63.9 Å². The van der Waals surface area contributed by atoms with Crippen LogP contribution in [0.4, 0.5) is 0 Å². The third kappa shape index (κ3) is 9.55. The number of ether oxygens (including phenoxy) is 2. The molecule has 1 aliphatic carbocycles. The molecule has 1 aliphatic rings. The lowest BCUT2D eigenvalue weighted by Crippen LogP contribution is -2.33. The lowest BCUT2D eigenvalue weighted by Gasteiger charge is -2.33. The summed E-state index contributed by atoms with van der Waals surface area (Å²) in [5.74, 6) is -0.281. The molecule has 1 aromatic carbocycles. The van der Waals surface area contributed by atoms with Gasteiger partial charge in [0.15, 0.2) is 5.78 Å². The third-order valence-electron chi connectivity index (χ3n) is 5.77. The standard InChI is InChI=1S/C26H36Cl2N2O4.C2H6/c1-5-18-23(13-26(3,4)14-24(18)31)30-15-17(16-33-11-10-29)19(25(32)34-6-2)12-20-21(27)8-7-9-22(20)28;1-2/h7-9,30H,5-6,10-16,29H2,1-4H3;1-2H3/b19-17-;. The van der Waals surface area contributed by atoms with E-state index in [9.17, 15) is 9.59 Å². The molecule has 0 bridgehead atoms.